The molecule has 0 aromatic carbocycles. The van der Waals surface area contributed by atoms with Crippen molar-refractivity contribution >= 4 is 0 Å². The number of aliphatic hydroxyl groups is 8. The van der Waals surface area contributed by atoms with E-state index in [1.165, 1.54) is 6.08 Å². The summed E-state index contributed by atoms with van der Waals surface area (Å²) in [5, 5.41) is 81.9. The zero-order chi connectivity index (χ0) is 27.1. The van der Waals surface area contributed by atoms with Crippen molar-refractivity contribution in [2.75, 3.05) is 19.8 Å². The topological polar surface area (TPSA) is 199 Å². The van der Waals surface area contributed by atoms with Gasteiger partial charge in [0.2, 0.25) is 0 Å². The van der Waals surface area contributed by atoms with Gasteiger partial charge in [0.1, 0.15) is 36.1 Å². The lowest BCUT2D eigenvalue weighted by Gasteiger charge is -2.52. The summed E-state index contributed by atoms with van der Waals surface area (Å²) in [6.45, 7) is 5.38. The van der Waals surface area contributed by atoms with Gasteiger partial charge in [-0.1, -0.05) is 32.9 Å². The molecule has 3 rings (SSSR count). The average Bonchev–Trinajstić information content (AvgIpc) is 3.09. The van der Waals surface area contributed by atoms with E-state index in [1.54, 1.807) is 13.0 Å². The van der Waals surface area contributed by atoms with Crippen LogP contribution >= 0.6 is 0 Å². The Morgan fingerprint density at radius 3 is 2.25 bits per heavy atom. The predicted molar refractivity (Wildman–Crippen MR) is 123 cm³/mol. The van der Waals surface area contributed by atoms with Crippen LogP contribution < -0.4 is 0 Å². The normalized spacial score (nSPS) is 48.4. The molecule has 12 heteroatoms. The molecule has 2 heterocycles. The van der Waals surface area contributed by atoms with Crippen molar-refractivity contribution < 1.29 is 59.8 Å². The molecule has 3 aliphatic rings. The lowest BCUT2D eigenvalue weighted by atomic mass is 9.59. The molecule has 1 saturated carbocycles. The Bertz CT molecular complexity index is 761. The van der Waals surface area contributed by atoms with Crippen LogP contribution in [0.3, 0.4) is 0 Å². The third kappa shape index (κ3) is 5.65. The molecule has 210 valence electrons. The van der Waals surface area contributed by atoms with E-state index in [1.807, 2.05) is 20.8 Å². The van der Waals surface area contributed by atoms with Crippen molar-refractivity contribution in [3.63, 3.8) is 0 Å². The summed E-state index contributed by atoms with van der Waals surface area (Å²) < 4.78 is 22.9. The van der Waals surface area contributed by atoms with Gasteiger partial charge in [0.05, 0.1) is 37.6 Å². The molecule has 0 aromatic heterocycles. The summed E-state index contributed by atoms with van der Waals surface area (Å²) in [6, 6.07) is 0. The number of ether oxygens (including phenoxy) is 4. The van der Waals surface area contributed by atoms with Crippen LogP contribution in [0.4, 0.5) is 0 Å². The second-order valence-electron chi connectivity index (χ2n) is 11.1. The van der Waals surface area contributed by atoms with E-state index in [0.29, 0.717) is 12.8 Å². The molecular weight excluding hydrogens is 480 g/mol. The number of rotatable bonds is 8. The first-order valence-electron chi connectivity index (χ1n) is 12.3. The Balaban J connectivity index is 1.79. The van der Waals surface area contributed by atoms with Crippen molar-refractivity contribution in [2.24, 2.45) is 11.3 Å². The van der Waals surface area contributed by atoms with Gasteiger partial charge in [0, 0.05) is 0 Å². The van der Waals surface area contributed by atoms with Gasteiger partial charge in [-0.05, 0) is 31.1 Å². The highest BCUT2D eigenvalue weighted by Crippen LogP contribution is 2.49. The molecule has 2 aliphatic heterocycles. The highest BCUT2D eigenvalue weighted by atomic mass is 16.8. The predicted octanol–water partition coefficient (Wildman–Crippen LogP) is -2.24. The fourth-order valence-electron chi connectivity index (χ4n) is 5.40. The van der Waals surface area contributed by atoms with Crippen molar-refractivity contribution in [1.29, 1.82) is 0 Å². The standard InChI is InChI=1S/C24H42O12/c1-12-7-14(8-22(3,4)24(12,32)6-5-13(2)27)34-20-18(17(29)16(28)15(9-25)35-20)36-21-19(30)23(31,10-26)11-33-21/h5-6,12-21,25-32H,7-11H2,1-4H3/t12-,13-,14+,15-,16-,17+,18-,19+,20-,21+,23-,24-/m1/s1. The van der Waals surface area contributed by atoms with Gasteiger partial charge in [-0.25, -0.2) is 0 Å². The minimum atomic E-state index is -1.96. The Kier molecular flexibility index (Phi) is 9.25. The summed E-state index contributed by atoms with van der Waals surface area (Å²) in [7, 11) is 0. The Morgan fingerprint density at radius 2 is 1.72 bits per heavy atom. The molecule has 0 aromatic rings. The summed E-state index contributed by atoms with van der Waals surface area (Å²) in [4.78, 5) is 0. The van der Waals surface area contributed by atoms with Crippen molar-refractivity contribution in [1.82, 2.24) is 0 Å². The second-order valence-corrected chi connectivity index (χ2v) is 11.1. The lowest BCUT2D eigenvalue weighted by molar-refractivity contribution is -0.348. The molecule has 8 N–H and O–H groups in total. The fourth-order valence-corrected chi connectivity index (χ4v) is 5.40. The van der Waals surface area contributed by atoms with Crippen LogP contribution in [0.2, 0.25) is 0 Å². The van der Waals surface area contributed by atoms with Crippen LogP contribution in [0, 0.1) is 11.3 Å². The summed E-state index contributed by atoms with van der Waals surface area (Å²) in [5.41, 5.74) is -3.88. The smallest absolute Gasteiger partial charge is 0.187 e. The van der Waals surface area contributed by atoms with E-state index in [9.17, 15) is 40.9 Å². The van der Waals surface area contributed by atoms with Crippen LogP contribution in [0.15, 0.2) is 12.2 Å². The molecule has 3 fully saturated rings. The minimum absolute atomic E-state index is 0.298. The lowest BCUT2D eigenvalue weighted by Crippen LogP contribution is -2.63. The first-order chi connectivity index (χ1) is 16.7. The van der Waals surface area contributed by atoms with Crippen LogP contribution in [-0.2, 0) is 18.9 Å². The maximum absolute atomic E-state index is 11.4. The summed E-state index contributed by atoms with van der Waals surface area (Å²) in [6.07, 6.45) is -7.39. The van der Waals surface area contributed by atoms with Crippen LogP contribution in [0.25, 0.3) is 0 Å². The number of aliphatic hydroxyl groups excluding tert-OH is 6. The average molecular weight is 523 g/mol. The highest BCUT2D eigenvalue weighted by molar-refractivity contribution is 5.15. The molecule has 12 nitrogen and oxygen atoms in total. The monoisotopic (exact) mass is 522 g/mol. The van der Waals surface area contributed by atoms with Crippen molar-refractivity contribution in [3.8, 4) is 0 Å². The van der Waals surface area contributed by atoms with Gasteiger partial charge < -0.3 is 59.8 Å². The Morgan fingerprint density at radius 1 is 1.06 bits per heavy atom. The first kappa shape index (κ1) is 29.8. The Hall–Kier alpha value is -0.740. The van der Waals surface area contributed by atoms with Gasteiger partial charge in [-0.3, -0.25) is 0 Å². The highest BCUT2D eigenvalue weighted by Gasteiger charge is 2.55. The molecule has 0 bridgehead atoms. The van der Waals surface area contributed by atoms with Gasteiger partial charge in [0.15, 0.2) is 12.6 Å². The van der Waals surface area contributed by atoms with Crippen LogP contribution in [-0.4, -0.2) is 127 Å². The fraction of sp³-hybridized carbons (Fsp3) is 0.917. The zero-order valence-corrected chi connectivity index (χ0v) is 21.2. The number of hydrogen-bond donors (Lipinski definition) is 8. The second kappa shape index (κ2) is 11.2. The first-order valence-corrected chi connectivity index (χ1v) is 12.3. The maximum Gasteiger partial charge on any atom is 0.187 e. The van der Waals surface area contributed by atoms with Crippen LogP contribution in [0.5, 0.6) is 0 Å². The largest absolute Gasteiger partial charge is 0.394 e. The molecule has 0 amide bonds. The van der Waals surface area contributed by atoms with E-state index < -0.39 is 91.7 Å². The van der Waals surface area contributed by atoms with E-state index in [-0.39, 0.29) is 5.92 Å². The summed E-state index contributed by atoms with van der Waals surface area (Å²) in [5.74, 6) is -0.298. The van der Waals surface area contributed by atoms with E-state index in [0.717, 1.165) is 0 Å². The van der Waals surface area contributed by atoms with Gasteiger partial charge in [0.25, 0.3) is 0 Å². The quantitative estimate of drug-likeness (QED) is 0.160. The minimum Gasteiger partial charge on any atom is -0.394 e. The van der Waals surface area contributed by atoms with Crippen LogP contribution in [0.1, 0.15) is 40.5 Å². The molecular formula is C24H42O12. The molecule has 1 aliphatic carbocycles. The van der Waals surface area contributed by atoms with Gasteiger partial charge in [-0.15, -0.1) is 0 Å². The molecule has 36 heavy (non-hydrogen) atoms. The molecule has 0 radical (unpaired) electrons. The maximum atomic E-state index is 11.4. The third-order valence-electron chi connectivity index (χ3n) is 7.84. The zero-order valence-electron chi connectivity index (χ0n) is 21.2. The summed E-state index contributed by atoms with van der Waals surface area (Å²) >= 11 is 0. The molecule has 12 atom stereocenters. The molecule has 2 saturated heterocycles. The van der Waals surface area contributed by atoms with Gasteiger partial charge in [-0.2, -0.15) is 0 Å². The molecule has 0 spiro atoms. The Labute approximate surface area is 210 Å². The third-order valence-corrected chi connectivity index (χ3v) is 7.84. The van der Waals surface area contributed by atoms with Crippen molar-refractivity contribution in [3.05, 3.63) is 12.2 Å². The van der Waals surface area contributed by atoms with E-state index >= 15 is 0 Å². The SMILES string of the molecule is C[C@@H]1C[C@H](O[C@@H]2O[C@H](CO)[C@@H](O)[C@H](O)[C@H]2O[C@@H]2OC[C@](O)(CO)[C@H]2O)CC(C)(C)[C@@]1(O)C=C[C@@H](C)O. The molecule has 0 unspecified atom stereocenters. The number of hydrogen-bond acceptors (Lipinski definition) is 12. The van der Waals surface area contributed by atoms with E-state index in [2.05, 4.69) is 0 Å². The van der Waals surface area contributed by atoms with Gasteiger partial charge >= 0.3 is 0 Å². The van der Waals surface area contributed by atoms with E-state index in [4.69, 9.17) is 18.9 Å². The van der Waals surface area contributed by atoms with Crippen molar-refractivity contribution in [2.45, 2.75) is 107 Å².